The number of aromatic hydroxyl groups is 1. The Labute approximate surface area is 93.1 Å². The number of aromatic amines is 1. The van der Waals surface area contributed by atoms with Crippen LogP contribution < -0.4 is 5.56 Å². The zero-order valence-electron chi connectivity index (χ0n) is 9.20. The molecule has 1 aromatic rings. The van der Waals surface area contributed by atoms with Crippen LogP contribution in [0.2, 0.25) is 0 Å². The second-order valence-corrected chi connectivity index (χ2v) is 4.92. The average molecular weight is 228 g/mol. The number of rotatable bonds is 4. The number of hydrogen-bond donors (Lipinski definition) is 2. The Balaban J connectivity index is 2.75. The molecule has 0 radical (unpaired) electrons. The normalized spacial score (nSPS) is 12.7. The van der Waals surface area contributed by atoms with Gasteiger partial charge in [-0.3, -0.25) is 4.79 Å². The highest BCUT2D eigenvalue weighted by Crippen LogP contribution is 2.18. The van der Waals surface area contributed by atoms with Gasteiger partial charge in [0, 0.05) is 5.25 Å². The van der Waals surface area contributed by atoms with Crippen LogP contribution in [0, 0.1) is 6.92 Å². The Kier molecular flexibility index (Phi) is 4.20. The van der Waals surface area contributed by atoms with Crippen LogP contribution in [-0.2, 0) is 5.75 Å². The first-order chi connectivity index (χ1) is 7.04. The Morgan fingerprint density at radius 3 is 2.80 bits per heavy atom. The van der Waals surface area contributed by atoms with Gasteiger partial charge >= 0.3 is 0 Å². The summed E-state index contributed by atoms with van der Waals surface area (Å²) in [5.41, 5.74) is 0.00883. The molecule has 1 rings (SSSR count). The van der Waals surface area contributed by atoms with Crippen molar-refractivity contribution in [2.24, 2.45) is 0 Å². The minimum Gasteiger partial charge on any atom is -0.493 e. The number of nitrogens with one attached hydrogen (secondary N) is 1. The third-order valence-corrected chi connectivity index (χ3v) is 3.60. The van der Waals surface area contributed by atoms with Crippen molar-refractivity contribution in [3.63, 3.8) is 0 Å². The largest absolute Gasteiger partial charge is 0.493 e. The molecule has 4 nitrogen and oxygen atoms in total. The van der Waals surface area contributed by atoms with Gasteiger partial charge in [0.1, 0.15) is 5.82 Å². The van der Waals surface area contributed by atoms with Gasteiger partial charge in [-0.05, 0) is 13.3 Å². The lowest BCUT2D eigenvalue weighted by molar-refractivity contribution is 0.444. The average Bonchev–Trinajstić information content (AvgIpc) is 2.22. The molecule has 5 heteroatoms. The van der Waals surface area contributed by atoms with E-state index >= 15 is 0 Å². The van der Waals surface area contributed by atoms with Crippen molar-refractivity contribution >= 4 is 11.8 Å². The van der Waals surface area contributed by atoms with Gasteiger partial charge in [0.25, 0.3) is 5.56 Å². The third-order valence-electron chi connectivity index (χ3n) is 2.25. The minimum absolute atomic E-state index is 0.168. The highest BCUT2D eigenvalue weighted by Gasteiger charge is 2.07. The first-order valence-corrected chi connectivity index (χ1v) is 5.99. The first-order valence-electron chi connectivity index (χ1n) is 4.95. The second kappa shape index (κ2) is 5.21. The molecule has 1 heterocycles. The molecule has 0 spiro atoms. The van der Waals surface area contributed by atoms with Crippen molar-refractivity contribution in [2.45, 2.75) is 38.2 Å². The molecule has 0 aliphatic carbocycles. The minimum atomic E-state index is -0.262. The predicted octanol–water partition coefficient (Wildman–Crippen LogP) is 1.82. The van der Waals surface area contributed by atoms with E-state index in [9.17, 15) is 9.90 Å². The van der Waals surface area contributed by atoms with E-state index in [1.807, 2.05) is 0 Å². The maximum atomic E-state index is 11.3. The molecule has 0 amide bonds. The Morgan fingerprint density at radius 2 is 2.27 bits per heavy atom. The summed E-state index contributed by atoms with van der Waals surface area (Å²) in [4.78, 5) is 17.9. The fraction of sp³-hybridized carbons (Fsp3) is 0.600. The van der Waals surface area contributed by atoms with Gasteiger partial charge in [-0.1, -0.05) is 13.8 Å². The molecule has 1 atom stereocenters. The van der Waals surface area contributed by atoms with Crippen LogP contribution in [0.4, 0.5) is 0 Å². The van der Waals surface area contributed by atoms with E-state index in [1.54, 1.807) is 18.7 Å². The van der Waals surface area contributed by atoms with Gasteiger partial charge < -0.3 is 10.1 Å². The van der Waals surface area contributed by atoms with E-state index in [-0.39, 0.29) is 17.0 Å². The van der Waals surface area contributed by atoms with Crippen LogP contribution in [-0.4, -0.2) is 20.3 Å². The van der Waals surface area contributed by atoms with Crippen LogP contribution in [0.1, 0.15) is 31.7 Å². The molecule has 15 heavy (non-hydrogen) atoms. The summed E-state index contributed by atoms with van der Waals surface area (Å²) in [7, 11) is 0. The lowest BCUT2D eigenvalue weighted by Crippen LogP contribution is -2.14. The lowest BCUT2D eigenvalue weighted by atomic mass is 10.3. The van der Waals surface area contributed by atoms with Crippen molar-refractivity contribution in [1.29, 1.82) is 0 Å². The maximum absolute atomic E-state index is 11.3. The maximum Gasteiger partial charge on any atom is 0.257 e. The van der Waals surface area contributed by atoms with E-state index in [2.05, 4.69) is 23.8 Å². The van der Waals surface area contributed by atoms with Gasteiger partial charge in [0.15, 0.2) is 0 Å². The molecule has 1 aromatic heterocycles. The Morgan fingerprint density at radius 1 is 1.60 bits per heavy atom. The summed E-state index contributed by atoms with van der Waals surface area (Å²) >= 11 is 1.71. The number of nitrogens with zero attached hydrogens (tertiary/aromatic N) is 1. The van der Waals surface area contributed by atoms with Crippen molar-refractivity contribution in [2.75, 3.05) is 0 Å². The van der Waals surface area contributed by atoms with Crippen LogP contribution in [0.15, 0.2) is 4.79 Å². The van der Waals surface area contributed by atoms with Crippen molar-refractivity contribution < 1.29 is 5.11 Å². The zero-order valence-corrected chi connectivity index (χ0v) is 10.0. The number of H-pyrrole nitrogens is 1. The molecule has 0 saturated carbocycles. The standard InChI is InChI=1S/C10H16N2O2S/c1-4-6(2)15-5-8-11-9(13)7(3)10(14)12-8/h6H,4-5H2,1-3H3,(H2,11,12,13,14). The van der Waals surface area contributed by atoms with E-state index in [0.717, 1.165) is 6.42 Å². The van der Waals surface area contributed by atoms with Crippen molar-refractivity contribution in [3.8, 4) is 5.88 Å². The van der Waals surface area contributed by atoms with Gasteiger partial charge in [0.2, 0.25) is 5.88 Å². The Bertz CT molecular complexity index is 389. The van der Waals surface area contributed by atoms with Crippen molar-refractivity contribution in [3.05, 3.63) is 21.7 Å². The highest BCUT2D eigenvalue weighted by molar-refractivity contribution is 7.99. The van der Waals surface area contributed by atoms with Crippen LogP contribution in [0.3, 0.4) is 0 Å². The molecule has 2 N–H and O–H groups in total. The quantitative estimate of drug-likeness (QED) is 0.825. The zero-order chi connectivity index (χ0) is 11.4. The summed E-state index contributed by atoms with van der Waals surface area (Å²) in [6.07, 6.45) is 1.08. The van der Waals surface area contributed by atoms with E-state index in [0.29, 0.717) is 16.8 Å². The first kappa shape index (κ1) is 12.1. The fourth-order valence-corrected chi connectivity index (χ4v) is 1.79. The summed E-state index contributed by atoms with van der Waals surface area (Å²) < 4.78 is 0. The smallest absolute Gasteiger partial charge is 0.257 e. The Hall–Kier alpha value is -0.970. The van der Waals surface area contributed by atoms with E-state index < -0.39 is 0 Å². The molecule has 0 aliphatic heterocycles. The molecule has 0 aromatic carbocycles. The third kappa shape index (κ3) is 3.27. The van der Waals surface area contributed by atoms with Crippen molar-refractivity contribution in [1.82, 2.24) is 9.97 Å². The van der Waals surface area contributed by atoms with Gasteiger partial charge in [0.05, 0.1) is 11.3 Å². The summed E-state index contributed by atoms with van der Waals surface area (Å²) in [6, 6.07) is 0. The number of hydrogen-bond acceptors (Lipinski definition) is 4. The highest BCUT2D eigenvalue weighted by atomic mass is 32.2. The number of thioether (sulfide) groups is 1. The van der Waals surface area contributed by atoms with E-state index in [4.69, 9.17) is 0 Å². The monoisotopic (exact) mass is 228 g/mol. The topological polar surface area (TPSA) is 66.0 Å². The number of aromatic nitrogens is 2. The molecule has 0 saturated heterocycles. The SMILES string of the molecule is CCC(C)SCc1nc(O)c(C)c(=O)[nH]1. The summed E-state index contributed by atoms with van der Waals surface area (Å²) in [5, 5.41) is 9.89. The van der Waals surface area contributed by atoms with Crippen LogP contribution in [0.5, 0.6) is 5.88 Å². The molecule has 0 bridgehead atoms. The molecule has 84 valence electrons. The van der Waals surface area contributed by atoms with Gasteiger partial charge in [-0.15, -0.1) is 0 Å². The molecular weight excluding hydrogens is 212 g/mol. The second-order valence-electron chi connectivity index (χ2n) is 3.49. The summed E-state index contributed by atoms with van der Waals surface area (Å²) in [6.45, 7) is 5.78. The molecule has 1 unspecified atom stereocenters. The van der Waals surface area contributed by atoms with Gasteiger partial charge in [-0.25, -0.2) is 0 Å². The van der Waals surface area contributed by atoms with Crippen LogP contribution >= 0.6 is 11.8 Å². The molecule has 0 fully saturated rings. The van der Waals surface area contributed by atoms with Crippen LogP contribution in [0.25, 0.3) is 0 Å². The molecular formula is C10H16N2O2S. The predicted molar refractivity (Wildman–Crippen MR) is 62.3 cm³/mol. The fourth-order valence-electron chi connectivity index (χ4n) is 0.973. The van der Waals surface area contributed by atoms with Gasteiger partial charge in [-0.2, -0.15) is 16.7 Å². The molecule has 0 aliphatic rings. The lowest BCUT2D eigenvalue weighted by Gasteiger charge is -2.07. The van der Waals surface area contributed by atoms with E-state index in [1.165, 1.54) is 0 Å². The summed E-state index contributed by atoms with van der Waals surface area (Å²) in [5.74, 6) is 0.991.